The summed E-state index contributed by atoms with van der Waals surface area (Å²) in [5.74, 6) is 1.96. The second-order valence-corrected chi connectivity index (χ2v) is 7.22. The fraction of sp³-hybridized carbons (Fsp3) is 0.421. The maximum atomic E-state index is 12.8. The zero-order valence-corrected chi connectivity index (χ0v) is 16.1. The van der Waals surface area contributed by atoms with E-state index in [0.717, 1.165) is 43.8 Å². The summed E-state index contributed by atoms with van der Waals surface area (Å²) in [6.07, 6.45) is 3.74. The molecule has 0 spiro atoms. The van der Waals surface area contributed by atoms with Gasteiger partial charge in [-0.1, -0.05) is 18.2 Å². The van der Waals surface area contributed by atoms with Gasteiger partial charge in [0.15, 0.2) is 5.76 Å². The summed E-state index contributed by atoms with van der Waals surface area (Å²) in [6, 6.07) is 12.1. The first kappa shape index (κ1) is 19.9. The van der Waals surface area contributed by atoms with Crippen LogP contribution < -0.4 is 5.32 Å². The Morgan fingerprint density at radius 1 is 1.24 bits per heavy atom. The van der Waals surface area contributed by atoms with Gasteiger partial charge in [0.25, 0.3) is 5.91 Å². The zero-order chi connectivity index (χ0) is 16.8. The van der Waals surface area contributed by atoms with Crippen LogP contribution in [0.25, 0.3) is 0 Å². The van der Waals surface area contributed by atoms with Crippen LogP contribution in [-0.2, 0) is 5.75 Å². The smallest absolute Gasteiger partial charge is 0.289 e. The van der Waals surface area contributed by atoms with Gasteiger partial charge in [0, 0.05) is 29.3 Å². The summed E-state index contributed by atoms with van der Waals surface area (Å²) in [5.41, 5.74) is 0.978. The average molecular weight is 381 g/mol. The summed E-state index contributed by atoms with van der Waals surface area (Å²) < 4.78 is 5.53. The van der Waals surface area contributed by atoms with Crippen molar-refractivity contribution in [3.05, 3.63) is 54.0 Å². The normalized spacial score (nSPS) is 15.0. The Bertz CT molecular complexity index is 654. The molecule has 1 saturated heterocycles. The molecule has 1 aromatic carbocycles. The number of piperidine rings is 1. The molecule has 2 aromatic rings. The Morgan fingerprint density at radius 3 is 2.64 bits per heavy atom. The van der Waals surface area contributed by atoms with Crippen molar-refractivity contribution in [3.8, 4) is 0 Å². The molecule has 4 nitrogen and oxygen atoms in total. The van der Waals surface area contributed by atoms with Crippen LogP contribution in [0.5, 0.6) is 0 Å². The van der Waals surface area contributed by atoms with Gasteiger partial charge in [-0.15, -0.1) is 24.2 Å². The molecule has 0 unspecified atom stereocenters. The van der Waals surface area contributed by atoms with Gasteiger partial charge >= 0.3 is 0 Å². The van der Waals surface area contributed by atoms with Crippen LogP contribution in [-0.4, -0.2) is 37.5 Å². The van der Waals surface area contributed by atoms with Gasteiger partial charge in [-0.05, 0) is 50.6 Å². The molecular weight excluding hydrogens is 356 g/mol. The summed E-state index contributed by atoms with van der Waals surface area (Å²) in [5, 5.41) is 3.23. The van der Waals surface area contributed by atoms with Gasteiger partial charge in [-0.2, -0.15) is 0 Å². The van der Waals surface area contributed by atoms with Crippen LogP contribution in [0.15, 0.2) is 52.0 Å². The Balaban J connectivity index is 0.00000225. The molecule has 136 valence electrons. The molecule has 1 aliphatic rings. The number of carbonyl (C=O) groups excluding carboxylic acids is 1. The topological polar surface area (TPSA) is 45.5 Å². The number of carbonyl (C=O) groups is 1. The number of halogens is 1. The van der Waals surface area contributed by atoms with E-state index in [9.17, 15) is 4.79 Å². The monoisotopic (exact) mass is 380 g/mol. The molecule has 25 heavy (non-hydrogen) atoms. The van der Waals surface area contributed by atoms with Crippen molar-refractivity contribution in [1.82, 2.24) is 10.2 Å². The Kier molecular flexibility index (Phi) is 7.88. The number of benzene rings is 1. The predicted octanol–water partition coefficient (Wildman–Crippen LogP) is 4.07. The number of hydrogen-bond acceptors (Lipinski definition) is 4. The molecule has 0 saturated carbocycles. The van der Waals surface area contributed by atoms with Gasteiger partial charge in [0.2, 0.25) is 0 Å². The quantitative estimate of drug-likeness (QED) is 0.767. The molecule has 6 heteroatoms. The first-order valence-electron chi connectivity index (χ1n) is 8.46. The summed E-state index contributed by atoms with van der Waals surface area (Å²) in [4.78, 5) is 15.9. The number of rotatable bonds is 6. The minimum Gasteiger partial charge on any atom is -0.459 e. The molecule has 0 aliphatic carbocycles. The van der Waals surface area contributed by atoms with E-state index < -0.39 is 0 Å². The SMILES string of the molecule is CNCC1CCN(C(=O)c2occc2CSc2ccccc2)CC1.Cl. The predicted molar refractivity (Wildman–Crippen MR) is 105 cm³/mol. The van der Waals surface area contributed by atoms with Crippen LogP contribution >= 0.6 is 24.2 Å². The van der Waals surface area contributed by atoms with Gasteiger partial charge in [-0.3, -0.25) is 4.79 Å². The van der Waals surface area contributed by atoms with Gasteiger partial charge < -0.3 is 14.6 Å². The third-order valence-electron chi connectivity index (χ3n) is 4.47. The molecule has 1 aliphatic heterocycles. The maximum Gasteiger partial charge on any atom is 0.289 e. The van der Waals surface area contributed by atoms with E-state index >= 15 is 0 Å². The van der Waals surface area contributed by atoms with E-state index in [1.165, 1.54) is 4.90 Å². The van der Waals surface area contributed by atoms with E-state index in [0.29, 0.717) is 11.7 Å². The highest BCUT2D eigenvalue weighted by molar-refractivity contribution is 7.98. The van der Waals surface area contributed by atoms with Crippen molar-refractivity contribution in [2.24, 2.45) is 5.92 Å². The van der Waals surface area contributed by atoms with E-state index in [-0.39, 0.29) is 18.3 Å². The minimum atomic E-state index is 0. The average Bonchev–Trinajstić information content (AvgIpc) is 3.10. The lowest BCUT2D eigenvalue weighted by atomic mass is 9.96. The molecule has 2 heterocycles. The van der Waals surface area contributed by atoms with Crippen LogP contribution in [0.1, 0.15) is 29.0 Å². The van der Waals surface area contributed by atoms with Crippen LogP contribution in [0.3, 0.4) is 0 Å². The molecule has 1 aromatic heterocycles. The molecule has 1 amide bonds. The Labute approximate surface area is 159 Å². The first-order chi connectivity index (χ1) is 11.8. The van der Waals surface area contributed by atoms with Crippen molar-refractivity contribution in [1.29, 1.82) is 0 Å². The van der Waals surface area contributed by atoms with E-state index in [2.05, 4.69) is 17.4 Å². The molecule has 1 N–H and O–H groups in total. The highest BCUT2D eigenvalue weighted by atomic mass is 35.5. The van der Waals surface area contributed by atoms with Crippen LogP contribution in [0.4, 0.5) is 0 Å². The van der Waals surface area contributed by atoms with Crippen molar-refractivity contribution >= 4 is 30.1 Å². The van der Waals surface area contributed by atoms with Gasteiger partial charge in [0.05, 0.1) is 6.26 Å². The van der Waals surface area contributed by atoms with E-state index in [1.807, 2.05) is 36.2 Å². The number of furan rings is 1. The van der Waals surface area contributed by atoms with Crippen molar-refractivity contribution in [2.45, 2.75) is 23.5 Å². The highest BCUT2D eigenvalue weighted by Gasteiger charge is 2.26. The second kappa shape index (κ2) is 9.90. The molecular formula is C19H25ClN2O2S. The Hall–Kier alpha value is -1.43. The standard InChI is InChI=1S/C19H24N2O2S.ClH/c1-20-13-15-7-10-21(11-8-15)19(22)18-16(9-12-23-18)14-24-17-5-3-2-4-6-17;/h2-6,9,12,15,20H,7-8,10-11,13-14H2,1H3;1H. The second-order valence-electron chi connectivity index (χ2n) is 6.17. The molecule has 1 fully saturated rings. The minimum absolute atomic E-state index is 0. The van der Waals surface area contributed by atoms with Crippen LogP contribution in [0, 0.1) is 5.92 Å². The lowest BCUT2D eigenvalue weighted by Gasteiger charge is -2.31. The fourth-order valence-corrected chi connectivity index (χ4v) is 3.99. The summed E-state index contributed by atoms with van der Waals surface area (Å²) in [7, 11) is 1.98. The van der Waals surface area contributed by atoms with Crippen molar-refractivity contribution in [2.75, 3.05) is 26.7 Å². The lowest BCUT2D eigenvalue weighted by molar-refractivity contribution is 0.0657. The zero-order valence-electron chi connectivity index (χ0n) is 14.4. The number of hydrogen-bond donors (Lipinski definition) is 1. The summed E-state index contributed by atoms with van der Waals surface area (Å²) in [6.45, 7) is 2.66. The number of likely N-dealkylation sites (tertiary alicyclic amines) is 1. The van der Waals surface area contributed by atoms with Gasteiger partial charge in [-0.25, -0.2) is 0 Å². The maximum absolute atomic E-state index is 12.8. The molecule has 0 atom stereocenters. The number of thioether (sulfide) groups is 1. The number of amides is 1. The fourth-order valence-electron chi connectivity index (χ4n) is 3.09. The van der Waals surface area contributed by atoms with Gasteiger partial charge in [0.1, 0.15) is 0 Å². The number of nitrogens with one attached hydrogen (secondary N) is 1. The molecule has 0 radical (unpaired) electrons. The van der Waals surface area contributed by atoms with E-state index in [4.69, 9.17) is 4.42 Å². The third-order valence-corrected chi connectivity index (χ3v) is 5.53. The lowest BCUT2D eigenvalue weighted by Crippen LogP contribution is -2.40. The summed E-state index contributed by atoms with van der Waals surface area (Å²) >= 11 is 1.72. The molecule has 3 rings (SSSR count). The van der Waals surface area contributed by atoms with Crippen molar-refractivity contribution in [3.63, 3.8) is 0 Å². The first-order valence-corrected chi connectivity index (χ1v) is 9.44. The molecule has 0 bridgehead atoms. The van der Waals surface area contributed by atoms with Crippen molar-refractivity contribution < 1.29 is 9.21 Å². The third kappa shape index (κ3) is 5.27. The number of nitrogens with zero attached hydrogens (tertiary/aromatic N) is 1. The van der Waals surface area contributed by atoms with Crippen LogP contribution in [0.2, 0.25) is 0 Å². The Morgan fingerprint density at radius 2 is 1.96 bits per heavy atom. The largest absolute Gasteiger partial charge is 0.459 e. The highest BCUT2D eigenvalue weighted by Crippen LogP contribution is 2.26. The van der Waals surface area contributed by atoms with E-state index in [1.54, 1.807) is 18.0 Å².